The Labute approximate surface area is 113 Å². The lowest BCUT2D eigenvalue weighted by molar-refractivity contribution is 0.117. The Morgan fingerprint density at radius 3 is 2.84 bits per heavy atom. The Kier molecular flexibility index (Phi) is 3.58. The summed E-state index contributed by atoms with van der Waals surface area (Å²) in [5, 5.41) is 15.6. The zero-order valence-corrected chi connectivity index (χ0v) is 10.8. The number of hydrogen-bond acceptors (Lipinski definition) is 3. The van der Waals surface area contributed by atoms with Crippen LogP contribution in [0.15, 0.2) is 47.5 Å². The third-order valence-corrected chi connectivity index (χ3v) is 3.60. The van der Waals surface area contributed by atoms with E-state index in [2.05, 4.69) is 40.6 Å². The number of nitrogens with one attached hydrogen (secondary N) is 1. The molecule has 0 amide bonds. The van der Waals surface area contributed by atoms with Gasteiger partial charge in [-0.15, -0.1) is 0 Å². The van der Waals surface area contributed by atoms with Crippen molar-refractivity contribution >= 4 is 17.0 Å². The maximum atomic E-state index is 9.86. The number of aliphatic hydroxyl groups excluding tert-OH is 1. The molecule has 3 heteroatoms. The molecule has 0 bridgehead atoms. The Morgan fingerprint density at radius 2 is 2.00 bits per heavy atom. The molecule has 1 fully saturated rings. The van der Waals surface area contributed by atoms with Gasteiger partial charge >= 0.3 is 0 Å². The van der Waals surface area contributed by atoms with Crippen LogP contribution in [0.5, 0.6) is 0 Å². The fraction of sp³-hybridized carbons (Fsp3) is 0.312. The van der Waals surface area contributed by atoms with Crippen LogP contribution in [0.25, 0.3) is 10.8 Å². The number of benzene rings is 2. The highest BCUT2D eigenvalue weighted by molar-refractivity contribution is 5.90. The molecule has 2 N–H and O–H groups in total. The van der Waals surface area contributed by atoms with Gasteiger partial charge in [-0.25, -0.2) is 0 Å². The smallest absolute Gasteiger partial charge is 0.0883 e. The topological polar surface area (TPSA) is 44.6 Å². The molecular formula is C16H18N2O. The van der Waals surface area contributed by atoms with E-state index >= 15 is 0 Å². The van der Waals surface area contributed by atoms with Crippen LogP contribution in [-0.2, 0) is 0 Å². The Bertz CT molecular complexity index is 594. The van der Waals surface area contributed by atoms with Crippen LogP contribution in [0.2, 0.25) is 0 Å². The van der Waals surface area contributed by atoms with Gasteiger partial charge in [-0.1, -0.05) is 36.4 Å². The van der Waals surface area contributed by atoms with Gasteiger partial charge < -0.3 is 10.4 Å². The monoisotopic (exact) mass is 254 g/mol. The van der Waals surface area contributed by atoms with E-state index in [4.69, 9.17) is 0 Å². The maximum Gasteiger partial charge on any atom is 0.0883 e. The summed E-state index contributed by atoms with van der Waals surface area (Å²) in [7, 11) is 0. The average molecular weight is 254 g/mol. The first-order valence-electron chi connectivity index (χ1n) is 6.74. The van der Waals surface area contributed by atoms with Gasteiger partial charge in [0, 0.05) is 12.8 Å². The van der Waals surface area contributed by atoms with Crippen molar-refractivity contribution in [2.75, 3.05) is 13.1 Å². The van der Waals surface area contributed by atoms with Crippen LogP contribution in [0, 0.1) is 0 Å². The Morgan fingerprint density at radius 1 is 1.16 bits per heavy atom. The van der Waals surface area contributed by atoms with Gasteiger partial charge in [-0.2, -0.15) is 0 Å². The number of fused-ring (bicyclic) bond motifs is 1. The largest absolute Gasteiger partial charge is 0.391 e. The third kappa shape index (κ3) is 2.83. The van der Waals surface area contributed by atoms with Gasteiger partial charge in [0.1, 0.15) is 0 Å². The zero-order valence-electron chi connectivity index (χ0n) is 10.8. The van der Waals surface area contributed by atoms with E-state index in [0.717, 1.165) is 25.1 Å². The first-order valence-corrected chi connectivity index (χ1v) is 6.74. The van der Waals surface area contributed by atoms with Crippen molar-refractivity contribution in [2.24, 2.45) is 4.99 Å². The Balaban J connectivity index is 1.80. The zero-order chi connectivity index (χ0) is 13.1. The van der Waals surface area contributed by atoms with Crippen LogP contribution >= 0.6 is 0 Å². The van der Waals surface area contributed by atoms with E-state index in [1.807, 2.05) is 18.3 Å². The van der Waals surface area contributed by atoms with Crippen LogP contribution in [0.1, 0.15) is 12.0 Å². The van der Waals surface area contributed by atoms with Gasteiger partial charge in [-0.05, 0) is 35.4 Å². The second-order valence-corrected chi connectivity index (χ2v) is 5.01. The molecule has 3 nitrogen and oxygen atoms in total. The number of nitrogens with zero attached hydrogens (tertiary/aromatic N) is 1. The molecule has 0 spiro atoms. The molecule has 1 heterocycles. The quantitative estimate of drug-likeness (QED) is 0.805. The molecule has 0 unspecified atom stereocenters. The van der Waals surface area contributed by atoms with Crippen LogP contribution < -0.4 is 5.32 Å². The molecule has 2 atom stereocenters. The number of aliphatic hydroxyl groups is 1. The highest BCUT2D eigenvalue weighted by Crippen LogP contribution is 2.15. The second-order valence-electron chi connectivity index (χ2n) is 5.01. The molecule has 0 aliphatic carbocycles. The van der Waals surface area contributed by atoms with Crippen LogP contribution in [0.3, 0.4) is 0 Å². The minimum absolute atomic E-state index is 0.0276. The summed E-state index contributed by atoms with van der Waals surface area (Å²) >= 11 is 0. The molecule has 98 valence electrons. The molecule has 1 aliphatic heterocycles. The van der Waals surface area contributed by atoms with Gasteiger partial charge in [-0.3, -0.25) is 4.99 Å². The fourth-order valence-electron chi connectivity index (χ4n) is 2.45. The van der Waals surface area contributed by atoms with Gasteiger partial charge in [0.15, 0.2) is 0 Å². The summed E-state index contributed by atoms with van der Waals surface area (Å²) in [6.45, 7) is 1.63. The molecule has 0 saturated carbocycles. The first-order chi connectivity index (χ1) is 9.33. The summed E-state index contributed by atoms with van der Waals surface area (Å²) in [5.41, 5.74) is 1.08. The normalized spacial score (nSPS) is 24.1. The van der Waals surface area contributed by atoms with E-state index in [9.17, 15) is 5.11 Å². The van der Waals surface area contributed by atoms with Crippen molar-refractivity contribution < 1.29 is 5.11 Å². The highest BCUT2D eigenvalue weighted by atomic mass is 16.3. The van der Waals surface area contributed by atoms with E-state index in [-0.39, 0.29) is 12.1 Å². The summed E-state index contributed by atoms with van der Waals surface area (Å²) in [6.07, 6.45) is 2.32. The van der Waals surface area contributed by atoms with E-state index in [1.165, 1.54) is 10.8 Å². The van der Waals surface area contributed by atoms with Gasteiger partial charge in [0.2, 0.25) is 0 Å². The van der Waals surface area contributed by atoms with Crippen molar-refractivity contribution in [3.63, 3.8) is 0 Å². The minimum Gasteiger partial charge on any atom is -0.391 e. The number of hydrogen-bond donors (Lipinski definition) is 2. The second kappa shape index (κ2) is 5.51. The van der Waals surface area contributed by atoms with Gasteiger partial charge in [0.05, 0.1) is 12.1 Å². The van der Waals surface area contributed by atoms with Crippen molar-refractivity contribution in [1.82, 2.24) is 5.32 Å². The number of aliphatic imine (C=N–C) groups is 1. The van der Waals surface area contributed by atoms with E-state index < -0.39 is 0 Å². The molecule has 3 rings (SSSR count). The molecular weight excluding hydrogens is 236 g/mol. The molecule has 2 aromatic carbocycles. The van der Waals surface area contributed by atoms with Crippen molar-refractivity contribution in [3.05, 3.63) is 48.0 Å². The summed E-state index contributed by atoms with van der Waals surface area (Å²) in [4.78, 5) is 4.50. The molecule has 0 radical (unpaired) electrons. The van der Waals surface area contributed by atoms with E-state index in [0.29, 0.717) is 0 Å². The Hall–Kier alpha value is -1.71. The van der Waals surface area contributed by atoms with Crippen LogP contribution in [-0.4, -0.2) is 36.6 Å². The molecule has 1 saturated heterocycles. The summed E-state index contributed by atoms with van der Waals surface area (Å²) in [5.74, 6) is 0. The molecule has 0 aromatic heterocycles. The van der Waals surface area contributed by atoms with Crippen molar-refractivity contribution in [3.8, 4) is 0 Å². The standard InChI is InChI=1S/C16H18N2O/c19-16-7-8-17-11-15(16)18-10-12-5-6-13-3-1-2-4-14(13)9-12/h1-6,9-10,15-17,19H,7-8,11H2/t15-,16-/m1/s1. The lowest BCUT2D eigenvalue weighted by atomic mass is 10.0. The van der Waals surface area contributed by atoms with E-state index in [1.54, 1.807) is 0 Å². The highest BCUT2D eigenvalue weighted by Gasteiger charge is 2.20. The minimum atomic E-state index is -0.321. The van der Waals surface area contributed by atoms with Gasteiger partial charge in [0.25, 0.3) is 0 Å². The SMILES string of the molecule is O[C@@H]1CCNC[C@H]1N=Cc1ccc2ccccc2c1. The van der Waals surface area contributed by atoms with Crippen LogP contribution in [0.4, 0.5) is 0 Å². The summed E-state index contributed by atoms with van der Waals surface area (Å²) in [6, 6.07) is 14.6. The van der Waals surface area contributed by atoms with Crippen molar-refractivity contribution in [1.29, 1.82) is 0 Å². The number of piperidine rings is 1. The maximum absolute atomic E-state index is 9.86. The average Bonchev–Trinajstić information content (AvgIpc) is 2.46. The summed E-state index contributed by atoms with van der Waals surface area (Å²) < 4.78 is 0. The molecule has 1 aliphatic rings. The lowest BCUT2D eigenvalue weighted by Crippen LogP contribution is -2.42. The first kappa shape index (κ1) is 12.3. The number of rotatable bonds is 2. The lowest BCUT2D eigenvalue weighted by Gasteiger charge is -2.24. The fourth-order valence-corrected chi connectivity index (χ4v) is 2.45. The predicted octanol–water partition coefficient (Wildman–Crippen LogP) is 1.98. The van der Waals surface area contributed by atoms with Crippen molar-refractivity contribution in [2.45, 2.75) is 18.6 Å². The molecule has 2 aromatic rings. The molecule has 19 heavy (non-hydrogen) atoms. The third-order valence-electron chi connectivity index (χ3n) is 3.60. The predicted molar refractivity (Wildman–Crippen MR) is 78.8 cm³/mol.